The van der Waals surface area contributed by atoms with Crippen LogP contribution in [0.5, 0.6) is 0 Å². The molecule has 0 spiro atoms. The predicted octanol–water partition coefficient (Wildman–Crippen LogP) is -0.550. The van der Waals surface area contributed by atoms with Crippen LogP contribution in [0.1, 0.15) is 6.92 Å². The molecule has 1 fully saturated rings. The van der Waals surface area contributed by atoms with Crippen molar-refractivity contribution in [3.8, 4) is 0 Å². The van der Waals surface area contributed by atoms with Crippen molar-refractivity contribution in [2.45, 2.75) is 13.0 Å². The van der Waals surface area contributed by atoms with Gasteiger partial charge in [0.25, 0.3) is 0 Å². The summed E-state index contributed by atoms with van der Waals surface area (Å²) in [5, 5.41) is 12.6. The normalized spacial score (nSPS) is 29.4. The van der Waals surface area contributed by atoms with Gasteiger partial charge >= 0.3 is 0 Å². The number of nitrogens with one attached hydrogen (secondary N) is 1. The highest BCUT2D eigenvalue weighted by Gasteiger charge is 2.20. The van der Waals surface area contributed by atoms with E-state index >= 15 is 0 Å². The van der Waals surface area contributed by atoms with Crippen LogP contribution >= 0.6 is 0 Å². The van der Waals surface area contributed by atoms with Crippen LogP contribution in [-0.2, 0) is 0 Å². The minimum Gasteiger partial charge on any atom is -0.395 e. The van der Waals surface area contributed by atoms with Gasteiger partial charge in [0.2, 0.25) is 0 Å². The molecule has 2 atom stereocenters. The maximum absolute atomic E-state index is 9.20. The van der Waals surface area contributed by atoms with Gasteiger partial charge in [-0.05, 0) is 26.6 Å². The van der Waals surface area contributed by atoms with E-state index in [1.807, 2.05) is 0 Å². The van der Waals surface area contributed by atoms with E-state index in [1.165, 1.54) is 0 Å². The summed E-state index contributed by atoms with van der Waals surface area (Å²) in [5.41, 5.74) is 0. The molecule has 0 amide bonds. The van der Waals surface area contributed by atoms with Crippen molar-refractivity contribution < 1.29 is 5.11 Å². The van der Waals surface area contributed by atoms with Crippen molar-refractivity contribution in [1.29, 1.82) is 0 Å². The monoisotopic (exact) mass is 215 g/mol. The minimum absolute atomic E-state index is 0.241. The molecule has 1 saturated heterocycles. The summed E-state index contributed by atoms with van der Waals surface area (Å²) >= 11 is 0. The van der Waals surface area contributed by atoms with Gasteiger partial charge in [-0.25, -0.2) is 0 Å². The molecule has 4 nitrogen and oxygen atoms in total. The van der Waals surface area contributed by atoms with Crippen LogP contribution < -0.4 is 5.32 Å². The Morgan fingerprint density at radius 2 is 2.13 bits per heavy atom. The van der Waals surface area contributed by atoms with E-state index in [-0.39, 0.29) is 12.6 Å². The van der Waals surface area contributed by atoms with Crippen molar-refractivity contribution in [2.24, 2.45) is 5.92 Å². The molecular formula is C11H25N3O. The highest BCUT2D eigenvalue weighted by Crippen LogP contribution is 2.05. The summed E-state index contributed by atoms with van der Waals surface area (Å²) in [6.07, 6.45) is 0. The third-order valence-corrected chi connectivity index (χ3v) is 2.89. The van der Waals surface area contributed by atoms with E-state index in [1.54, 1.807) is 0 Å². The maximum atomic E-state index is 9.20. The number of hydrogen-bond acceptors (Lipinski definition) is 4. The van der Waals surface area contributed by atoms with Gasteiger partial charge in [0.15, 0.2) is 0 Å². The van der Waals surface area contributed by atoms with Crippen LogP contribution in [0, 0.1) is 5.92 Å². The second-order valence-corrected chi connectivity index (χ2v) is 4.96. The highest BCUT2D eigenvalue weighted by atomic mass is 16.3. The van der Waals surface area contributed by atoms with Crippen molar-refractivity contribution >= 4 is 0 Å². The zero-order valence-corrected chi connectivity index (χ0v) is 10.2. The molecule has 2 unspecified atom stereocenters. The van der Waals surface area contributed by atoms with Crippen LogP contribution in [0.15, 0.2) is 0 Å². The molecule has 0 saturated carbocycles. The quantitative estimate of drug-likeness (QED) is 0.660. The van der Waals surface area contributed by atoms with E-state index in [9.17, 15) is 5.11 Å². The lowest BCUT2D eigenvalue weighted by atomic mass is 10.2. The number of aliphatic hydroxyl groups is 1. The Hall–Kier alpha value is -0.160. The van der Waals surface area contributed by atoms with Crippen LogP contribution in [0.3, 0.4) is 0 Å². The number of rotatable bonds is 4. The highest BCUT2D eigenvalue weighted by molar-refractivity contribution is 4.79. The van der Waals surface area contributed by atoms with Gasteiger partial charge in [0, 0.05) is 32.2 Å². The first-order chi connectivity index (χ1) is 7.11. The summed E-state index contributed by atoms with van der Waals surface area (Å²) in [6.45, 7) is 7.80. The van der Waals surface area contributed by atoms with Gasteiger partial charge in [0.1, 0.15) is 0 Å². The molecule has 1 rings (SSSR count). The fourth-order valence-corrected chi connectivity index (χ4v) is 1.97. The Labute approximate surface area is 93.2 Å². The second-order valence-electron chi connectivity index (χ2n) is 4.96. The molecule has 90 valence electrons. The lowest BCUT2D eigenvalue weighted by molar-refractivity contribution is 0.186. The summed E-state index contributed by atoms with van der Waals surface area (Å²) in [4.78, 5) is 4.66. The second kappa shape index (κ2) is 6.43. The molecule has 2 N–H and O–H groups in total. The minimum atomic E-state index is 0.241. The SMILES string of the molecule is CC1CNC(CO)CN(CCN(C)C)C1. The van der Waals surface area contributed by atoms with Crippen molar-refractivity contribution in [3.63, 3.8) is 0 Å². The third kappa shape index (κ3) is 4.93. The number of nitrogens with zero attached hydrogens (tertiary/aromatic N) is 2. The molecule has 0 aromatic carbocycles. The molecule has 0 bridgehead atoms. The van der Waals surface area contributed by atoms with E-state index in [0.717, 1.165) is 32.7 Å². The average Bonchev–Trinajstić information content (AvgIpc) is 2.37. The summed E-state index contributed by atoms with van der Waals surface area (Å²) in [5.74, 6) is 0.670. The lowest BCUT2D eigenvalue weighted by Gasteiger charge is -2.25. The predicted molar refractivity (Wildman–Crippen MR) is 63.0 cm³/mol. The Bertz CT molecular complexity index is 175. The van der Waals surface area contributed by atoms with E-state index in [2.05, 4.69) is 36.1 Å². The molecule has 1 aliphatic heterocycles. The fraction of sp³-hybridized carbons (Fsp3) is 1.00. The van der Waals surface area contributed by atoms with E-state index < -0.39 is 0 Å². The average molecular weight is 215 g/mol. The number of likely N-dealkylation sites (N-methyl/N-ethyl adjacent to an activating group) is 1. The van der Waals surface area contributed by atoms with E-state index in [0.29, 0.717) is 5.92 Å². The van der Waals surface area contributed by atoms with Gasteiger partial charge < -0.3 is 20.2 Å². The Morgan fingerprint density at radius 1 is 1.40 bits per heavy atom. The van der Waals surface area contributed by atoms with Crippen LogP contribution in [0.4, 0.5) is 0 Å². The largest absolute Gasteiger partial charge is 0.395 e. The molecular weight excluding hydrogens is 190 g/mol. The Kier molecular flexibility index (Phi) is 5.53. The molecule has 0 aromatic rings. The van der Waals surface area contributed by atoms with Crippen LogP contribution in [0.25, 0.3) is 0 Å². The molecule has 1 heterocycles. The molecule has 15 heavy (non-hydrogen) atoms. The summed E-state index contributed by atoms with van der Waals surface area (Å²) in [6, 6.07) is 0.247. The smallest absolute Gasteiger partial charge is 0.0597 e. The molecule has 4 heteroatoms. The third-order valence-electron chi connectivity index (χ3n) is 2.89. The van der Waals surface area contributed by atoms with Gasteiger partial charge in [-0.3, -0.25) is 0 Å². The first kappa shape index (κ1) is 12.9. The van der Waals surface area contributed by atoms with Crippen molar-refractivity contribution in [2.75, 3.05) is 53.4 Å². The number of hydrogen-bond donors (Lipinski definition) is 2. The Morgan fingerprint density at radius 3 is 2.73 bits per heavy atom. The topological polar surface area (TPSA) is 38.7 Å². The zero-order chi connectivity index (χ0) is 11.3. The summed E-state index contributed by atoms with van der Waals surface area (Å²) in [7, 11) is 4.20. The first-order valence-electron chi connectivity index (χ1n) is 5.83. The van der Waals surface area contributed by atoms with Crippen LogP contribution in [-0.4, -0.2) is 74.4 Å². The van der Waals surface area contributed by atoms with Gasteiger partial charge in [0.05, 0.1) is 6.61 Å². The lowest BCUT2D eigenvalue weighted by Crippen LogP contribution is -2.42. The molecule has 0 radical (unpaired) electrons. The first-order valence-corrected chi connectivity index (χ1v) is 5.83. The molecule has 0 aromatic heterocycles. The fourth-order valence-electron chi connectivity index (χ4n) is 1.97. The standard InChI is InChI=1S/C11H25N3O/c1-10-6-12-11(9-15)8-14(7-10)5-4-13(2)3/h10-12,15H,4-9H2,1-3H3. The summed E-state index contributed by atoms with van der Waals surface area (Å²) < 4.78 is 0. The van der Waals surface area contributed by atoms with Crippen molar-refractivity contribution in [3.05, 3.63) is 0 Å². The van der Waals surface area contributed by atoms with Gasteiger partial charge in [-0.1, -0.05) is 6.92 Å². The Balaban J connectivity index is 2.38. The van der Waals surface area contributed by atoms with Gasteiger partial charge in [-0.15, -0.1) is 0 Å². The van der Waals surface area contributed by atoms with Crippen LogP contribution in [0.2, 0.25) is 0 Å². The van der Waals surface area contributed by atoms with Gasteiger partial charge in [-0.2, -0.15) is 0 Å². The van der Waals surface area contributed by atoms with Crippen molar-refractivity contribution in [1.82, 2.24) is 15.1 Å². The molecule has 1 aliphatic rings. The maximum Gasteiger partial charge on any atom is 0.0597 e. The number of aliphatic hydroxyl groups excluding tert-OH is 1. The van der Waals surface area contributed by atoms with E-state index in [4.69, 9.17) is 0 Å². The molecule has 0 aliphatic carbocycles. The zero-order valence-electron chi connectivity index (χ0n) is 10.2.